The lowest BCUT2D eigenvalue weighted by Crippen LogP contribution is -2.50. The van der Waals surface area contributed by atoms with E-state index in [4.69, 9.17) is 30.6 Å². The third-order valence-electron chi connectivity index (χ3n) is 1.77. The van der Waals surface area contributed by atoms with Crippen LogP contribution in [0.4, 0.5) is 0 Å². The average molecular weight is 210 g/mol. The number of hydrogen-bond donors (Lipinski definition) is 6. The van der Waals surface area contributed by atoms with Crippen LogP contribution in [0.5, 0.6) is 0 Å². The van der Waals surface area contributed by atoms with E-state index < -0.39 is 37.1 Å². The Balaban J connectivity index is 4.29. The molecule has 0 aromatic heterocycles. The molecule has 0 radical (unpaired) electrons. The van der Waals surface area contributed by atoms with Crippen LogP contribution in [0.1, 0.15) is 0 Å². The highest BCUT2D eigenvalue weighted by atomic mass is 16.4. The van der Waals surface area contributed by atoms with Crippen molar-refractivity contribution in [2.45, 2.75) is 30.5 Å². The van der Waals surface area contributed by atoms with Gasteiger partial charge >= 0.3 is 0 Å². The van der Waals surface area contributed by atoms with E-state index in [0.717, 1.165) is 0 Å². The molecule has 0 fully saturated rings. The van der Waals surface area contributed by atoms with Crippen molar-refractivity contribution in [2.24, 2.45) is 0 Å². The van der Waals surface area contributed by atoms with Crippen LogP contribution in [-0.4, -0.2) is 74.1 Å². The summed E-state index contributed by atoms with van der Waals surface area (Å²) >= 11 is 0. The van der Waals surface area contributed by atoms with Crippen molar-refractivity contribution < 1.29 is 35.4 Å². The summed E-state index contributed by atoms with van der Waals surface area (Å²) in [6.07, 6.45) is -9.21. The number of aldehydes is 1. The Labute approximate surface area is 79.9 Å². The molecule has 0 aliphatic carbocycles. The molecule has 0 aromatic rings. The molecule has 7 nitrogen and oxygen atoms in total. The van der Waals surface area contributed by atoms with Gasteiger partial charge in [-0.05, 0) is 0 Å². The van der Waals surface area contributed by atoms with Crippen LogP contribution >= 0.6 is 0 Å². The number of aliphatic hydroxyl groups is 6. The summed E-state index contributed by atoms with van der Waals surface area (Å²) in [7, 11) is 0. The zero-order valence-corrected chi connectivity index (χ0v) is 7.26. The normalized spacial score (nSPS) is 22.1. The fourth-order valence-corrected chi connectivity index (χ4v) is 0.820. The van der Waals surface area contributed by atoms with Crippen LogP contribution in [0.15, 0.2) is 0 Å². The van der Waals surface area contributed by atoms with E-state index in [-0.39, 0.29) is 6.29 Å². The van der Waals surface area contributed by atoms with Gasteiger partial charge in [-0.2, -0.15) is 0 Å². The first kappa shape index (κ1) is 13.4. The van der Waals surface area contributed by atoms with Gasteiger partial charge in [0.1, 0.15) is 30.5 Å². The van der Waals surface area contributed by atoms with Crippen LogP contribution in [0.2, 0.25) is 0 Å². The summed E-state index contributed by atoms with van der Waals surface area (Å²) in [5, 5.41) is 53.2. The lowest BCUT2D eigenvalue weighted by atomic mass is 10.0. The number of carbonyl (C=O) groups excluding carboxylic acids is 1. The van der Waals surface area contributed by atoms with E-state index in [2.05, 4.69) is 0 Å². The molecule has 14 heavy (non-hydrogen) atoms. The Morgan fingerprint density at radius 3 is 1.79 bits per heavy atom. The van der Waals surface area contributed by atoms with Gasteiger partial charge in [-0.1, -0.05) is 0 Å². The largest absolute Gasteiger partial charge is 0.394 e. The lowest BCUT2D eigenvalue weighted by molar-refractivity contribution is -0.147. The highest BCUT2D eigenvalue weighted by Gasteiger charge is 2.33. The monoisotopic (exact) mass is 210 g/mol. The first-order chi connectivity index (χ1) is 6.45. The maximum absolute atomic E-state index is 10.00. The van der Waals surface area contributed by atoms with Crippen molar-refractivity contribution in [1.82, 2.24) is 0 Å². The zero-order valence-electron chi connectivity index (χ0n) is 7.26. The van der Waals surface area contributed by atoms with Gasteiger partial charge in [0.15, 0.2) is 6.29 Å². The third kappa shape index (κ3) is 3.29. The predicted molar refractivity (Wildman–Crippen MR) is 43.2 cm³/mol. The maximum atomic E-state index is 10.00. The highest BCUT2D eigenvalue weighted by Crippen LogP contribution is 2.07. The van der Waals surface area contributed by atoms with Gasteiger partial charge in [0.25, 0.3) is 0 Å². The smallest absolute Gasteiger partial charge is 0.151 e. The lowest BCUT2D eigenvalue weighted by Gasteiger charge is -2.26. The molecule has 0 amide bonds. The zero-order chi connectivity index (χ0) is 11.3. The molecular weight excluding hydrogens is 196 g/mol. The first-order valence-electron chi connectivity index (χ1n) is 3.92. The Hall–Kier alpha value is -0.570. The molecule has 5 atom stereocenters. The number of rotatable bonds is 6. The number of carbonyl (C=O) groups is 1. The summed E-state index contributed by atoms with van der Waals surface area (Å²) in [6, 6.07) is 0. The van der Waals surface area contributed by atoms with E-state index in [0.29, 0.717) is 0 Å². The van der Waals surface area contributed by atoms with Gasteiger partial charge in [0, 0.05) is 0 Å². The molecule has 7 heteroatoms. The van der Waals surface area contributed by atoms with Crippen LogP contribution in [0.25, 0.3) is 0 Å². The summed E-state index contributed by atoms with van der Waals surface area (Å²) in [4.78, 5) is 10.00. The summed E-state index contributed by atoms with van der Waals surface area (Å²) in [5.74, 6) is 0. The molecule has 0 spiro atoms. The molecule has 0 aromatic carbocycles. The van der Waals surface area contributed by atoms with Gasteiger partial charge in [-0.15, -0.1) is 0 Å². The van der Waals surface area contributed by atoms with Crippen molar-refractivity contribution in [3.8, 4) is 0 Å². The summed E-state index contributed by atoms with van der Waals surface area (Å²) in [5.41, 5.74) is 0. The van der Waals surface area contributed by atoms with Crippen LogP contribution in [-0.2, 0) is 4.79 Å². The molecule has 0 aliphatic heterocycles. The van der Waals surface area contributed by atoms with Gasteiger partial charge in [-0.3, -0.25) is 0 Å². The average Bonchev–Trinajstić information content (AvgIpc) is 2.23. The van der Waals surface area contributed by atoms with Crippen LogP contribution < -0.4 is 0 Å². The highest BCUT2D eigenvalue weighted by molar-refractivity contribution is 5.56. The molecule has 0 saturated carbocycles. The van der Waals surface area contributed by atoms with Crippen molar-refractivity contribution in [3.63, 3.8) is 0 Å². The van der Waals surface area contributed by atoms with Crippen LogP contribution in [0.3, 0.4) is 0 Å². The molecule has 0 heterocycles. The molecule has 0 saturated heterocycles. The van der Waals surface area contributed by atoms with Gasteiger partial charge in [0.2, 0.25) is 0 Å². The fourth-order valence-electron chi connectivity index (χ4n) is 0.820. The molecular formula is C7H14O7. The SMILES string of the molecule is O=C[C@@H](O)C(O)C(O)C(O)C(O)CO. The summed E-state index contributed by atoms with van der Waals surface area (Å²) in [6.45, 7) is -0.817. The molecule has 0 bridgehead atoms. The third-order valence-corrected chi connectivity index (χ3v) is 1.77. The minimum absolute atomic E-state index is 0.0219. The van der Waals surface area contributed by atoms with Gasteiger partial charge in [0.05, 0.1) is 6.61 Å². The fraction of sp³-hybridized carbons (Fsp3) is 0.857. The Morgan fingerprint density at radius 2 is 1.43 bits per heavy atom. The second kappa shape index (κ2) is 6.02. The molecule has 0 rings (SSSR count). The number of hydrogen-bond acceptors (Lipinski definition) is 7. The predicted octanol–water partition coefficient (Wildman–Crippen LogP) is -4.02. The number of aliphatic hydroxyl groups excluding tert-OH is 6. The second-order valence-electron chi connectivity index (χ2n) is 2.85. The van der Waals surface area contributed by atoms with Crippen molar-refractivity contribution in [2.75, 3.05) is 6.61 Å². The Kier molecular flexibility index (Phi) is 5.77. The van der Waals surface area contributed by atoms with E-state index in [9.17, 15) is 4.79 Å². The maximum Gasteiger partial charge on any atom is 0.151 e. The minimum Gasteiger partial charge on any atom is -0.394 e. The van der Waals surface area contributed by atoms with E-state index in [1.807, 2.05) is 0 Å². The minimum atomic E-state index is -1.92. The van der Waals surface area contributed by atoms with Crippen molar-refractivity contribution >= 4 is 6.29 Å². The van der Waals surface area contributed by atoms with Gasteiger partial charge in [-0.25, -0.2) is 0 Å². The topological polar surface area (TPSA) is 138 Å². The van der Waals surface area contributed by atoms with Gasteiger partial charge < -0.3 is 35.4 Å². The van der Waals surface area contributed by atoms with E-state index >= 15 is 0 Å². The van der Waals surface area contributed by atoms with E-state index in [1.54, 1.807) is 0 Å². The Morgan fingerprint density at radius 1 is 0.929 bits per heavy atom. The Bertz CT molecular complexity index is 173. The van der Waals surface area contributed by atoms with Crippen molar-refractivity contribution in [1.29, 1.82) is 0 Å². The molecule has 6 N–H and O–H groups in total. The molecule has 84 valence electrons. The van der Waals surface area contributed by atoms with E-state index in [1.165, 1.54) is 0 Å². The molecule has 0 aliphatic rings. The standard InChI is InChI=1S/C7H14O7/c8-1-3(10)5(12)7(14)6(13)4(11)2-9/h1,3-7,9-14H,2H2/t3-,4?,5?,6?,7?/m1/s1. The summed E-state index contributed by atoms with van der Waals surface area (Å²) < 4.78 is 0. The second-order valence-corrected chi connectivity index (χ2v) is 2.85. The van der Waals surface area contributed by atoms with Crippen molar-refractivity contribution in [3.05, 3.63) is 0 Å². The molecule has 4 unspecified atom stereocenters. The quantitative estimate of drug-likeness (QED) is 0.245. The van der Waals surface area contributed by atoms with Crippen LogP contribution in [0, 0.1) is 0 Å². The first-order valence-corrected chi connectivity index (χ1v) is 3.92.